The summed E-state index contributed by atoms with van der Waals surface area (Å²) in [5.74, 6) is 0.602. The van der Waals surface area contributed by atoms with Crippen LogP contribution in [0.15, 0.2) is 0 Å². The minimum atomic E-state index is -0.475. The molecule has 116 valence electrons. The molecule has 2 unspecified atom stereocenters. The number of hydrogen-bond donors (Lipinski definition) is 1. The summed E-state index contributed by atoms with van der Waals surface area (Å²) in [7, 11) is 1.33. The molecule has 6 heteroatoms. The van der Waals surface area contributed by atoms with Crippen molar-refractivity contribution in [3.63, 3.8) is 0 Å². The maximum absolute atomic E-state index is 12.0. The molecule has 0 aromatic carbocycles. The Balaban J connectivity index is 2.45. The molecule has 2 heterocycles. The first kappa shape index (κ1) is 15.8. The topological polar surface area (TPSA) is 72.6 Å². The maximum Gasteiger partial charge on any atom is 0.343 e. The van der Waals surface area contributed by atoms with Gasteiger partial charge in [-0.1, -0.05) is 13.8 Å². The van der Waals surface area contributed by atoms with Crippen molar-refractivity contribution in [2.24, 2.45) is 11.8 Å². The zero-order chi connectivity index (χ0) is 15.7. The summed E-state index contributed by atoms with van der Waals surface area (Å²) < 4.78 is 4.84. The average molecular weight is 310 g/mol. The Morgan fingerprint density at radius 2 is 2.00 bits per heavy atom. The third kappa shape index (κ3) is 2.90. The van der Waals surface area contributed by atoms with Gasteiger partial charge in [0, 0.05) is 20.0 Å². The van der Waals surface area contributed by atoms with Gasteiger partial charge in [0.25, 0.3) is 0 Å². The summed E-state index contributed by atoms with van der Waals surface area (Å²) in [5, 5.41) is 0.767. The van der Waals surface area contributed by atoms with Gasteiger partial charge in [0.1, 0.15) is 10.6 Å². The minimum Gasteiger partial charge on any atom is -0.465 e. The predicted octanol–water partition coefficient (Wildman–Crippen LogP) is 2.80. The number of piperidine rings is 1. The molecule has 2 rings (SSSR count). The van der Waals surface area contributed by atoms with Crippen LogP contribution >= 0.6 is 11.3 Å². The van der Waals surface area contributed by atoms with Crippen molar-refractivity contribution >= 4 is 33.8 Å². The number of ether oxygens (including phenoxy) is 1. The van der Waals surface area contributed by atoms with Crippen molar-refractivity contribution in [3.8, 4) is 0 Å². The van der Waals surface area contributed by atoms with Crippen LogP contribution < -0.4 is 10.6 Å². The number of Topliss-reactive ketones (excluding diaryl/α,β-unsaturated/α-hetero) is 1. The lowest BCUT2D eigenvalue weighted by Crippen LogP contribution is -2.38. The number of esters is 1. The van der Waals surface area contributed by atoms with E-state index in [1.807, 2.05) is 0 Å². The molecule has 0 spiro atoms. The monoisotopic (exact) mass is 310 g/mol. The third-order valence-electron chi connectivity index (χ3n) is 4.26. The molecule has 1 aromatic heterocycles. The Bertz CT molecular complexity index is 568. The Morgan fingerprint density at radius 1 is 1.33 bits per heavy atom. The van der Waals surface area contributed by atoms with E-state index in [1.54, 1.807) is 0 Å². The lowest BCUT2D eigenvalue weighted by Gasteiger charge is -2.36. The highest BCUT2D eigenvalue weighted by Gasteiger charge is 2.31. The molecule has 0 amide bonds. The molecule has 0 saturated carbocycles. The van der Waals surface area contributed by atoms with Gasteiger partial charge in [-0.15, -0.1) is 11.3 Å². The molecule has 21 heavy (non-hydrogen) atoms. The van der Waals surface area contributed by atoms with E-state index in [1.165, 1.54) is 25.4 Å². The normalized spacial score (nSPS) is 22.2. The fourth-order valence-electron chi connectivity index (χ4n) is 2.66. The van der Waals surface area contributed by atoms with Crippen LogP contribution in [0.3, 0.4) is 0 Å². The first-order valence-electron chi connectivity index (χ1n) is 7.13. The first-order valence-corrected chi connectivity index (χ1v) is 7.94. The van der Waals surface area contributed by atoms with Gasteiger partial charge in [0.15, 0.2) is 5.78 Å². The predicted molar refractivity (Wildman–Crippen MR) is 85.2 cm³/mol. The van der Waals surface area contributed by atoms with Crippen LogP contribution in [0.1, 0.15) is 47.2 Å². The molecular formula is C15H22N2O3S. The van der Waals surface area contributed by atoms with E-state index >= 15 is 0 Å². The Kier molecular flexibility index (Phi) is 4.56. The van der Waals surface area contributed by atoms with Crippen LogP contribution in [0.5, 0.6) is 0 Å². The van der Waals surface area contributed by atoms with Gasteiger partial charge in [0.2, 0.25) is 0 Å². The van der Waals surface area contributed by atoms with E-state index in [0.717, 1.165) is 24.5 Å². The number of rotatable bonds is 3. The fourth-order valence-corrected chi connectivity index (χ4v) is 3.80. The number of ketones is 1. The lowest BCUT2D eigenvalue weighted by molar-refractivity contribution is 0.0603. The zero-order valence-corrected chi connectivity index (χ0v) is 13.8. The highest BCUT2D eigenvalue weighted by Crippen LogP contribution is 2.41. The summed E-state index contributed by atoms with van der Waals surface area (Å²) in [6.45, 7) is 7.65. The third-order valence-corrected chi connectivity index (χ3v) is 5.62. The van der Waals surface area contributed by atoms with Crippen molar-refractivity contribution in [3.05, 3.63) is 10.4 Å². The molecule has 1 fully saturated rings. The zero-order valence-electron chi connectivity index (χ0n) is 12.9. The molecule has 1 aliphatic heterocycles. The summed E-state index contributed by atoms with van der Waals surface area (Å²) in [6.07, 6.45) is 1.06. The van der Waals surface area contributed by atoms with Crippen LogP contribution in [0.2, 0.25) is 0 Å². The van der Waals surface area contributed by atoms with Crippen molar-refractivity contribution < 1.29 is 14.3 Å². The number of nitrogen functional groups attached to an aromatic ring is 1. The molecule has 2 atom stereocenters. The van der Waals surface area contributed by atoms with Crippen LogP contribution in [0, 0.1) is 11.8 Å². The number of carbonyl (C=O) groups is 2. The molecular weight excluding hydrogens is 288 g/mol. The maximum atomic E-state index is 12.0. The second-order valence-corrected chi connectivity index (χ2v) is 6.76. The second-order valence-electron chi connectivity index (χ2n) is 5.76. The Morgan fingerprint density at radius 3 is 2.52 bits per heavy atom. The summed E-state index contributed by atoms with van der Waals surface area (Å²) >= 11 is 1.30. The van der Waals surface area contributed by atoms with Crippen molar-refractivity contribution in [1.82, 2.24) is 0 Å². The number of anilines is 2. The molecule has 1 aromatic rings. The fraction of sp³-hybridized carbons (Fsp3) is 0.600. The minimum absolute atomic E-state index is 0.118. The van der Waals surface area contributed by atoms with E-state index in [0.29, 0.717) is 22.3 Å². The highest BCUT2D eigenvalue weighted by molar-refractivity contribution is 7.19. The van der Waals surface area contributed by atoms with E-state index in [-0.39, 0.29) is 11.5 Å². The summed E-state index contributed by atoms with van der Waals surface area (Å²) in [5.41, 5.74) is 6.60. The number of thiophene rings is 1. The van der Waals surface area contributed by atoms with Crippen LogP contribution in [-0.4, -0.2) is 32.0 Å². The molecule has 1 aliphatic rings. The molecule has 5 nitrogen and oxygen atoms in total. The van der Waals surface area contributed by atoms with Crippen molar-refractivity contribution in [1.29, 1.82) is 0 Å². The van der Waals surface area contributed by atoms with Crippen LogP contribution in [0.4, 0.5) is 10.7 Å². The van der Waals surface area contributed by atoms with Crippen LogP contribution in [-0.2, 0) is 4.74 Å². The number of carbonyl (C=O) groups excluding carboxylic acids is 2. The van der Waals surface area contributed by atoms with E-state index in [4.69, 9.17) is 10.5 Å². The molecule has 1 saturated heterocycles. The quantitative estimate of drug-likeness (QED) is 0.686. The van der Waals surface area contributed by atoms with Gasteiger partial charge in [-0.05, 0) is 18.3 Å². The van der Waals surface area contributed by atoms with Gasteiger partial charge < -0.3 is 15.4 Å². The van der Waals surface area contributed by atoms with Gasteiger partial charge >= 0.3 is 5.97 Å². The number of nitrogens with two attached hydrogens (primary N) is 1. The Labute approximate surface area is 129 Å². The second kappa shape index (κ2) is 6.05. The molecule has 0 radical (unpaired) electrons. The van der Waals surface area contributed by atoms with Gasteiger partial charge in [-0.25, -0.2) is 4.79 Å². The molecule has 0 bridgehead atoms. The van der Waals surface area contributed by atoms with Gasteiger partial charge in [-0.3, -0.25) is 4.79 Å². The smallest absolute Gasteiger partial charge is 0.343 e. The van der Waals surface area contributed by atoms with E-state index in [9.17, 15) is 9.59 Å². The summed E-state index contributed by atoms with van der Waals surface area (Å²) in [4.78, 5) is 26.3. The largest absolute Gasteiger partial charge is 0.465 e. The Hall–Kier alpha value is -1.56. The average Bonchev–Trinajstić information content (AvgIpc) is 2.79. The number of hydrogen-bond acceptors (Lipinski definition) is 6. The number of methoxy groups -OCH3 is 1. The standard InChI is InChI=1S/C15H22N2O3S/c1-8-5-6-17(7-9(8)2)14-11(15(19)20-4)12(16)13(21-14)10(3)18/h8-9H,5-7,16H2,1-4H3. The van der Waals surface area contributed by atoms with Crippen molar-refractivity contribution in [2.45, 2.75) is 27.2 Å². The highest BCUT2D eigenvalue weighted by atomic mass is 32.1. The summed E-state index contributed by atoms with van der Waals surface area (Å²) in [6, 6.07) is 0. The van der Waals surface area contributed by atoms with E-state index < -0.39 is 5.97 Å². The van der Waals surface area contributed by atoms with Crippen LogP contribution in [0.25, 0.3) is 0 Å². The van der Waals surface area contributed by atoms with Crippen molar-refractivity contribution in [2.75, 3.05) is 30.8 Å². The number of nitrogens with zero attached hydrogens (tertiary/aromatic N) is 1. The van der Waals surface area contributed by atoms with E-state index in [2.05, 4.69) is 18.7 Å². The molecule has 0 aliphatic carbocycles. The lowest BCUT2D eigenvalue weighted by atomic mass is 9.89. The molecule has 2 N–H and O–H groups in total. The first-order chi connectivity index (χ1) is 9.86. The SMILES string of the molecule is COC(=O)c1c(N2CCC(C)C(C)C2)sc(C(C)=O)c1N. The van der Waals surface area contributed by atoms with Gasteiger partial charge in [-0.2, -0.15) is 0 Å². The van der Waals surface area contributed by atoms with Gasteiger partial charge in [0.05, 0.1) is 17.7 Å².